The number of allylic oxidation sites excluding steroid dienone is 1. The maximum absolute atomic E-state index is 13.0. The highest BCUT2D eigenvalue weighted by Crippen LogP contribution is 2.34. The van der Waals surface area contributed by atoms with Crippen molar-refractivity contribution in [3.8, 4) is 0 Å². The molecule has 1 aliphatic carbocycles. The van der Waals surface area contributed by atoms with Crippen molar-refractivity contribution in [3.63, 3.8) is 0 Å². The highest BCUT2D eigenvalue weighted by atomic mass is 19.1. The minimum atomic E-state index is -1.09. The number of aliphatic hydroxyl groups is 1. The maximum Gasteiger partial charge on any atom is 0.231 e. The standard InChI is InChI=1S/C19H25FN8O2/c1-3-15(29)13-4-10(2)14(7-22-13)26-19(23-8-21)28-17-6-16(24-9-25-17)27-18(30)11-5-12(11)20/h4,6-9,11-13,15,22,29H,3,5H2,1-2H3,(H4,21,23,24,25,26,27,28,30). The molecule has 0 spiro atoms. The van der Waals surface area contributed by atoms with Crippen LogP contribution in [-0.2, 0) is 4.79 Å². The zero-order valence-corrected chi connectivity index (χ0v) is 16.7. The second kappa shape index (κ2) is 9.44. The number of amides is 1. The first-order valence-corrected chi connectivity index (χ1v) is 9.61. The van der Waals surface area contributed by atoms with Gasteiger partial charge in [-0.3, -0.25) is 4.79 Å². The fraction of sp³-hybridized carbons (Fsp3) is 0.421. The van der Waals surface area contributed by atoms with Crippen LogP contribution in [0.25, 0.3) is 0 Å². The summed E-state index contributed by atoms with van der Waals surface area (Å²) in [6.07, 6.45) is 5.24. The van der Waals surface area contributed by atoms with Gasteiger partial charge in [-0.1, -0.05) is 13.0 Å². The van der Waals surface area contributed by atoms with Gasteiger partial charge >= 0.3 is 0 Å². The SMILES string of the molecule is CCC(O)C1C=C(C)C(NC(=Nc2cc(NC(=O)C3CC3F)ncn2)/N=C\N)=CN1. The minimum Gasteiger partial charge on any atom is -0.391 e. The number of guanidine groups is 1. The van der Waals surface area contributed by atoms with Crippen LogP contribution in [0.2, 0.25) is 0 Å². The molecule has 1 fully saturated rings. The van der Waals surface area contributed by atoms with Crippen LogP contribution < -0.4 is 21.7 Å². The molecular weight excluding hydrogens is 391 g/mol. The molecule has 1 aromatic rings. The molecule has 1 aromatic heterocycles. The number of halogens is 1. The number of aromatic nitrogens is 2. The summed E-state index contributed by atoms with van der Waals surface area (Å²) in [5.74, 6) is -0.435. The third-order valence-electron chi connectivity index (χ3n) is 4.72. The third-order valence-corrected chi connectivity index (χ3v) is 4.72. The molecule has 0 saturated heterocycles. The Hall–Kier alpha value is -3.34. The van der Waals surface area contributed by atoms with Crippen LogP contribution in [0.4, 0.5) is 16.0 Å². The summed E-state index contributed by atoms with van der Waals surface area (Å²) in [4.78, 5) is 28.2. The summed E-state index contributed by atoms with van der Waals surface area (Å²) in [6.45, 7) is 3.81. The molecule has 6 N–H and O–H groups in total. The van der Waals surface area contributed by atoms with Crippen LogP contribution in [0, 0.1) is 5.92 Å². The average Bonchev–Trinajstić information content (AvgIpc) is 3.46. The fourth-order valence-corrected chi connectivity index (χ4v) is 2.83. The van der Waals surface area contributed by atoms with Crippen molar-refractivity contribution in [1.82, 2.24) is 20.6 Å². The topological polar surface area (TPSA) is 150 Å². The lowest BCUT2D eigenvalue weighted by Gasteiger charge is -2.25. The Morgan fingerprint density at radius 3 is 2.90 bits per heavy atom. The van der Waals surface area contributed by atoms with Gasteiger partial charge in [0.15, 0.2) is 5.82 Å². The minimum absolute atomic E-state index is 0.162. The number of rotatable bonds is 6. The van der Waals surface area contributed by atoms with E-state index in [0.29, 0.717) is 12.1 Å². The van der Waals surface area contributed by atoms with Crippen molar-refractivity contribution in [2.75, 3.05) is 5.32 Å². The van der Waals surface area contributed by atoms with E-state index < -0.39 is 24.1 Å². The van der Waals surface area contributed by atoms with E-state index in [0.717, 1.165) is 11.9 Å². The van der Waals surface area contributed by atoms with E-state index in [2.05, 4.69) is 35.9 Å². The number of anilines is 1. The molecule has 2 aliphatic rings. The monoisotopic (exact) mass is 416 g/mol. The Kier molecular flexibility index (Phi) is 6.72. The first-order valence-electron chi connectivity index (χ1n) is 9.61. The van der Waals surface area contributed by atoms with Gasteiger partial charge in [0.2, 0.25) is 11.9 Å². The molecule has 4 unspecified atom stereocenters. The van der Waals surface area contributed by atoms with E-state index in [-0.39, 0.29) is 30.1 Å². The number of nitrogens with one attached hydrogen (secondary N) is 3. The molecule has 3 rings (SSSR count). The van der Waals surface area contributed by atoms with Crippen LogP contribution in [0.1, 0.15) is 26.7 Å². The van der Waals surface area contributed by atoms with Gasteiger partial charge < -0.3 is 26.8 Å². The summed E-state index contributed by atoms with van der Waals surface area (Å²) in [5, 5.41) is 18.7. The summed E-state index contributed by atoms with van der Waals surface area (Å²) in [7, 11) is 0. The highest BCUT2D eigenvalue weighted by molar-refractivity contribution is 5.94. The molecular formula is C19H25FN8O2. The number of aliphatic imine (C=N–C) groups is 2. The molecule has 1 aliphatic heterocycles. The fourth-order valence-electron chi connectivity index (χ4n) is 2.83. The van der Waals surface area contributed by atoms with Crippen molar-refractivity contribution >= 4 is 29.8 Å². The number of nitrogens with two attached hydrogens (primary N) is 1. The Morgan fingerprint density at radius 1 is 1.50 bits per heavy atom. The van der Waals surface area contributed by atoms with Crippen molar-refractivity contribution in [1.29, 1.82) is 0 Å². The summed E-state index contributed by atoms with van der Waals surface area (Å²) >= 11 is 0. The van der Waals surface area contributed by atoms with E-state index in [1.807, 2.05) is 19.9 Å². The summed E-state index contributed by atoms with van der Waals surface area (Å²) in [5.41, 5.74) is 7.02. The second-order valence-corrected chi connectivity index (χ2v) is 7.02. The van der Waals surface area contributed by atoms with Crippen molar-refractivity contribution < 1.29 is 14.3 Å². The lowest BCUT2D eigenvalue weighted by Crippen LogP contribution is -2.39. The molecule has 10 nitrogen and oxygen atoms in total. The first kappa shape index (κ1) is 21.4. The zero-order chi connectivity index (χ0) is 21.7. The highest BCUT2D eigenvalue weighted by Gasteiger charge is 2.43. The van der Waals surface area contributed by atoms with E-state index >= 15 is 0 Å². The van der Waals surface area contributed by atoms with Gasteiger partial charge in [0.1, 0.15) is 18.3 Å². The lowest BCUT2D eigenvalue weighted by atomic mass is 10.0. The number of dihydropyridines is 1. The van der Waals surface area contributed by atoms with E-state index in [4.69, 9.17) is 5.73 Å². The molecule has 2 heterocycles. The molecule has 1 amide bonds. The van der Waals surface area contributed by atoms with Gasteiger partial charge in [0, 0.05) is 12.3 Å². The molecule has 11 heteroatoms. The van der Waals surface area contributed by atoms with Gasteiger partial charge in [0.25, 0.3) is 0 Å². The van der Waals surface area contributed by atoms with Crippen LogP contribution >= 0.6 is 0 Å². The van der Waals surface area contributed by atoms with Gasteiger partial charge in [-0.25, -0.2) is 19.4 Å². The number of hydrogen-bond acceptors (Lipinski definition) is 6. The number of alkyl halides is 1. The van der Waals surface area contributed by atoms with E-state index in [1.54, 1.807) is 6.20 Å². The second-order valence-electron chi connectivity index (χ2n) is 7.02. The summed E-state index contributed by atoms with van der Waals surface area (Å²) in [6, 6.07) is 1.27. The van der Waals surface area contributed by atoms with E-state index in [9.17, 15) is 14.3 Å². The Morgan fingerprint density at radius 2 is 2.27 bits per heavy atom. The number of aliphatic hydroxyl groups excluding tert-OH is 1. The van der Waals surface area contributed by atoms with Gasteiger partial charge in [-0.05, 0) is 25.3 Å². The Labute approximate surface area is 173 Å². The van der Waals surface area contributed by atoms with Crippen LogP contribution in [-0.4, -0.2) is 51.6 Å². The molecule has 0 aromatic carbocycles. The molecule has 1 saturated carbocycles. The summed E-state index contributed by atoms with van der Waals surface area (Å²) < 4.78 is 13.0. The molecule has 0 bridgehead atoms. The van der Waals surface area contributed by atoms with Gasteiger partial charge in [-0.15, -0.1) is 0 Å². The number of carbonyl (C=O) groups excluding carboxylic acids is 1. The third kappa shape index (κ3) is 5.38. The lowest BCUT2D eigenvalue weighted by molar-refractivity contribution is -0.117. The van der Waals surface area contributed by atoms with E-state index in [1.165, 1.54) is 12.4 Å². The normalized spacial score (nSPS) is 24.5. The van der Waals surface area contributed by atoms with Crippen molar-refractivity contribution in [2.24, 2.45) is 21.6 Å². The predicted molar refractivity (Wildman–Crippen MR) is 112 cm³/mol. The largest absolute Gasteiger partial charge is 0.391 e. The van der Waals surface area contributed by atoms with Crippen molar-refractivity contribution in [2.45, 2.75) is 45.0 Å². The Bertz CT molecular complexity index is 914. The van der Waals surface area contributed by atoms with Crippen LogP contribution in [0.5, 0.6) is 0 Å². The van der Waals surface area contributed by atoms with Gasteiger partial charge in [0.05, 0.1) is 30.1 Å². The first-order chi connectivity index (χ1) is 14.4. The predicted octanol–water partition coefficient (Wildman–Crippen LogP) is 0.868. The smallest absolute Gasteiger partial charge is 0.231 e. The number of hydrogen-bond donors (Lipinski definition) is 5. The number of nitrogens with zero attached hydrogens (tertiary/aromatic N) is 4. The zero-order valence-electron chi connectivity index (χ0n) is 16.7. The Balaban J connectivity index is 1.72. The molecule has 30 heavy (non-hydrogen) atoms. The number of carbonyl (C=O) groups is 1. The quantitative estimate of drug-likeness (QED) is 0.341. The maximum atomic E-state index is 13.0. The van der Waals surface area contributed by atoms with Crippen molar-refractivity contribution in [3.05, 3.63) is 35.9 Å². The van der Waals surface area contributed by atoms with Gasteiger partial charge in [-0.2, -0.15) is 4.99 Å². The van der Waals surface area contributed by atoms with Crippen LogP contribution in [0.3, 0.4) is 0 Å². The molecule has 0 radical (unpaired) electrons. The molecule has 160 valence electrons. The average molecular weight is 416 g/mol. The molecule has 4 atom stereocenters. The van der Waals surface area contributed by atoms with Crippen LogP contribution in [0.15, 0.2) is 45.9 Å².